The Kier molecular flexibility index (Phi) is 4.99. The molecular weight excluding hydrogens is 316 g/mol. The van der Waals surface area contributed by atoms with Crippen molar-refractivity contribution in [3.8, 4) is 11.3 Å². The Morgan fingerprint density at radius 2 is 2.00 bits per heavy atom. The molecule has 0 aliphatic rings. The second-order valence-electron chi connectivity index (χ2n) is 6.35. The van der Waals surface area contributed by atoms with Crippen LogP contribution in [0.5, 0.6) is 0 Å². The van der Waals surface area contributed by atoms with Crippen LogP contribution in [0.15, 0.2) is 22.7 Å². The van der Waals surface area contributed by atoms with Gasteiger partial charge in [-0.25, -0.2) is 9.97 Å². The number of aromatic nitrogens is 3. The maximum atomic E-state index is 5.62. The van der Waals surface area contributed by atoms with Crippen LogP contribution in [0.4, 0.5) is 5.82 Å². The van der Waals surface area contributed by atoms with Gasteiger partial charge in [0.1, 0.15) is 17.0 Å². The molecule has 1 unspecified atom stereocenters. The predicted octanol–water partition coefficient (Wildman–Crippen LogP) is 4.05. The molecule has 0 aliphatic heterocycles. The third-order valence-electron chi connectivity index (χ3n) is 4.27. The van der Waals surface area contributed by atoms with E-state index in [1.165, 1.54) is 5.56 Å². The summed E-state index contributed by atoms with van der Waals surface area (Å²) < 4.78 is 10.9. The zero-order chi connectivity index (χ0) is 18.0. The van der Waals surface area contributed by atoms with Gasteiger partial charge in [-0.05, 0) is 32.8 Å². The molecule has 2 heterocycles. The number of benzene rings is 1. The molecule has 6 heteroatoms. The summed E-state index contributed by atoms with van der Waals surface area (Å²) in [6, 6.07) is 6.42. The highest BCUT2D eigenvalue weighted by Crippen LogP contribution is 2.32. The highest BCUT2D eigenvalue weighted by Gasteiger charge is 2.20. The molecule has 132 valence electrons. The van der Waals surface area contributed by atoms with Crippen LogP contribution >= 0.6 is 0 Å². The fourth-order valence-corrected chi connectivity index (χ4v) is 2.95. The van der Waals surface area contributed by atoms with Gasteiger partial charge in [0, 0.05) is 12.7 Å². The van der Waals surface area contributed by atoms with Gasteiger partial charge < -0.3 is 14.6 Å². The number of hydrogen-bond donors (Lipinski definition) is 1. The first-order valence-electron chi connectivity index (χ1n) is 8.50. The number of rotatable bonds is 6. The molecule has 6 nitrogen and oxygen atoms in total. The molecule has 0 bridgehead atoms. The molecule has 1 aromatic carbocycles. The zero-order valence-corrected chi connectivity index (χ0v) is 15.4. The lowest BCUT2D eigenvalue weighted by molar-refractivity contribution is 0.184. The van der Waals surface area contributed by atoms with Crippen LogP contribution in [0.3, 0.4) is 0 Å². The number of aryl methyl sites for hydroxylation is 3. The Hall–Kier alpha value is -2.47. The normalized spacial score (nSPS) is 12.5. The van der Waals surface area contributed by atoms with E-state index in [2.05, 4.69) is 59.4 Å². The second-order valence-corrected chi connectivity index (χ2v) is 6.35. The first kappa shape index (κ1) is 17.4. The van der Waals surface area contributed by atoms with Gasteiger partial charge in [-0.1, -0.05) is 35.8 Å². The molecule has 25 heavy (non-hydrogen) atoms. The summed E-state index contributed by atoms with van der Waals surface area (Å²) in [5, 5.41) is 7.68. The van der Waals surface area contributed by atoms with Crippen molar-refractivity contribution in [2.75, 3.05) is 19.0 Å². The zero-order valence-electron chi connectivity index (χ0n) is 15.4. The largest absolute Gasteiger partial charge is 0.383 e. The van der Waals surface area contributed by atoms with Gasteiger partial charge in [0.25, 0.3) is 0 Å². The third kappa shape index (κ3) is 3.49. The van der Waals surface area contributed by atoms with Gasteiger partial charge in [-0.15, -0.1) is 0 Å². The van der Waals surface area contributed by atoms with Crippen molar-refractivity contribution in [3.63, 3.8) is 0 Å². The quantitative estimate of drug-likeness (QED) is 0.730. The maximum Gasteiger partial charge on any atom is 0.228 e. The summed E-state index contributed by atoms with van der Waals surface area (Å²) in [6.45, 7) is 8.72. The predicted molar refractivity (Wildman–Crippen MR) is 98.8 cm³/mol. The highest BCUT2D eigenvalue weighted by atomic mass is 16.5. The van der Waals surface area contributed by atoms with Gasteiger partial charge in [-0.2, -0.15) is 0 Å². The second kappa shape index (κ2) is 7.19. The molecule has 0 radical (unpaired) electrons. The van der Waals surface area contributed by atoms with Gasteiger partial charge in [0.05, 0.1) is 12.6 Å². The van der Waals surface area contributed by atoms with E-state index in [0.29, 0.717) is 23.8 Å². The number of hydrogen-bond acceptors (Lipinski definition) is 6. The molecule has 0 saturated carbocycles. The van der Waals surface area contributed by atoms with E-state index in [1.807, 2.05) is 6.92 Å². The number of nitrogens with zero attached hydrogens (tertiary/aromatic N) is 3. The van der Waals surface area contributed by atoms with Crippen molar-refractivity contribution >= 4 is 16.9 Å². The van der Waals surface area contributed by atoms with Crippen LogP contribution in [0.25, 0.3) is 22.4 Å². The summed E-state index contributed by atoms with van der Waals surface area (Å²) in [5.41, 5.74) is 5.45. The van der Waals surface area contributed by atoms with Gasteiger partial charge in [0.2, 0.25) is 5.58 Å². The Bertz CT molecular complexity index is 889. The monoisotopic (exact) mass is 340 g/mol. The minimum Gasteiger partial charge on any atom is -0.383 e. The van der Waals surface area contributed by atoms with Crippen molar-refractivity contribution in [2.24, 2.45) is 0 Å². The summed E-state index contributed by atoms with van der Waals surface area (Å²) in [4.78, 5) is 9.08. The minimum absolute atomic E-state index is 0.150. The van der Waals surface area contributed by atoms with E-state index in [9.17, 15) is 0 Å². The average molecular weight is 340 g/mol. The molecule has 0 aliphatic carbocycles. The molecule has 0 saturated heterocycles. The lowest BCUT2D eigenvalue weighted by Crippen LogP contribution is -2.24. The fraction of sp³-hybridized carbons (Fsp3) is 0.421. The average Bonchev–Trinajstić information content (AvgIpc) is 2.98. The number of anilines is 1. The van der Waals surface area contributed by atoms with Crippen molar-refractivity contribution in [1.29, 1.82) is 0 Å². The van der Waals surface area contributed by atoms with Crippen molar-refractivity contribution < 1.29 is 9.26 Å². The molecule has 3 rings (SSSR count). The molecule has 0 fully saturated rings. The molecule has 0 amide bonds. The minimum atomic E-state index is 0.150. The summed E-state index contributed by atoms with van der Waals surface area (Å²) in [7, 11) is 1.69. The van der Waals surface area contributed by atoms with Crippen LogP contribution in [0, 0.1) is 20.8 Å². The topological polar surface area (TPSA) is 73.1 Å². The Morgan fingerprint density at radius 3 is 2.68 bits per heavy atom. The van der Waals surface area contributed by atoms with E-state index >= 15 is 0 Å². The summed E-state index contributed by atoms with van der Waals surface area (Å²) in [5.74, 6) is 1.34. The van der Waals surface area contributed by atoms with Gasteiger partial charge >= 0.3 is 0 Å². The molecule has 2 aromatic heterocycles. The van der Waals surface area contributed by atoms with Crippen LogP contribution in [0.1, 0.15) is 30.3 Å². The molecule has 0 spiro atoms. The smallest absolute Gasteiger partial charge is 0.228 e. The standard InChI is InChI=1S/C19H24N4O2/c1-6-14(10-24-5)22-19-18-17(20-13(4)21-19)16(23-25-18)15-8-7-11(2)9-12(15)3/h7-9,14H,6,10H2,1-5H3,(H,20,21,22). The Balaban J connectivity index is 2.09. The van der Waals surface area contributed by atoms with Gasteiger partial charge in [0.15, 0.2) is 5.82 Å². The van der Waals surface area contributed by atoms with E-state index < -0.39 is 0 Å². The van der Waals surface area contributed by atoms with E-state index in [4.69, 9.17) is 9.26 Å². The van der Waals surface area contributed by atoms with E-state index in [-0.39, 0.29) is 6.04 Å². The number of ether oxygens (including phenoxy) is 1. The molecule has 1 N–H and O–H groups in total. The van der Waals surface area contributed by atoms with Crippen LogP contribution in [-0.2, 0) is 4.74 Å². The lowest BCUT2D eigenvalue weighted by atomic mass is 10.0. The number of nitrogens with one attached hydrogen (secondary N) is 1. The maximum absolute atomic E-state index is 5.62. The molecular formula is C19H24N4O2. The first-order chi connectivity index (χ1) is 12.0. The van der Waals surface area contributed by atoms with Crippen LogP contribution in [-0.4, -0.2) is 34.9 Å². The van der Waals surface area contributed by atoms with E-state index in [1.54, 1.807) is 7.11 Å². The highest BCUT2D eigenvalue weighted by molar-refractivity contribution is 5.94. The SMILES string of the molecule is CCC(COC)Nc1nc(C)nc2c(-c3ccc(C)cc3C)noc12. The molecule has 3 aromatic rings. The number of fused-ring (bicyclic) bond motifs is 1. The number of methoxy groups -OCH3 is 1. The lowest BCUT2D eigenvalue weighted by Gasteiger charge is -2.16. The van der Waals surface area contributed by atoms with E-state index in [0.717, 1.165) is 28.8 Å². The Morgan fingerprint density at radius 1 is 1.20 bits per heavy atom. The fourth-order valence-electron chi connectivity index (χ4n) is 2.95. The molecule has 1 atom stereocenters. The Labute approximate surface area is 147 Å². The van der Waals surface area contributed by atoms with Gasteiger partial charge in [-0.3, -0.25) is 0 Å². The van der Waals surface area contributed by atoms with Crippen molar-refractivity contribution in [2.45, 2.75) is 40.2 Å². The van der Waals surface area contributed by atoms with Crippen LogP contribution < -0.4 is 5.32 Å². The third-order valence-corrected chi connectivity index (χ3v) is 4.27. The summed E-state index contributed by atoms with van der Waals surface area (Å²) in [6.07, 6.45) is 0.913. The van der Waals surface area contributed by atoms with Crippen molar-refractivity contribution in [1.82, 2.24) is 15.1 Å². The van der Waals surface area contributed by atoms with Crippen molar-refractivity contribution in [3.05, 3.63) is 35.2 Å². The summed E-state index contributed by atoms with van der Waals surface area (Å²) >= 11 is 0. The first-order valence-corrected chi connectivity index (χ1v) is 8.50. The van der Waals surface area contributed by atoms with Crippen LogP contribution in [0.2, 0.25) is 0 Å².